The minimum Gasteiger partial charge on any atom is -0.496 e. The molecule has 1 aliphatic rings. The Hall–Kier alpha value is -3.15. The fraction of sp³-hybridized carbons (Fsp3) is 0.250. The summed E-state index contributed by atoms with van der Waals surface area (Å²) < 4.78 is 11.2. The summed E-state index contributed by atoms with van der Waals surface area (Å²) in [5.41, 5.74) is 1.47. The molecular formula is C20H19N3O3. The first-order chi connectivity index (χ1) is 12.8. The van der Waals surface area contributed by atoms with E-state index in [1.165, 1.54) is 0 Å². The molecular weight excluding hydrogens is 330 g/mol. The lowest BCUT2D eigenvalue weighted by Crippen LogP contribution is -2.28. The molecule has 0 saturated carbocycles. The lowest BCUT2D eigenvalue weighted by molar-refractivity contribution is 0.0790. The van der Waals surface area contributed by atoms with Crippen LogP contribution in [0.15, 0.2) is 59.0 Å². The van der Waals surface area contributed by atoms with Crippen LogP contribution in [0.2, 0.25) is 0 Å². The Morgan fingerprint density at radius 1 is 1.12 bits per heavy atom. The van der Waals surface area contributed by atoms with E-state index in [2.05, 4.69) is 10.2 Å². The van der Waals surface area contributed by atoms with Gasteiger partial charge >= 0.3 is 0 Å². The van der Waals surface area contributed by atoms with E-state index in [4.69, 9.17) is 9.15 Å². The third-order valence-electron chi connectivity index (χ3n) is 4.62. The van der Waals surface area contributed by atoms with Crippen LogP contribution in [0, 0.1) is 0 Å². The minimum absolute atomic E-state index is 0.0394. The van der Waals surface area contributed by atoms with Crippen molar-refractivity contribution < 1.29 is 13.9 Å². The highest BCUT2D eigenvalue weighted by Crippen LogP contribution is 2.32. The topological polar surface area (TPSA) is 68.5 Å². The summed E-state index contributed by atoms with van der Waals surface area (Å²) >= 11 is 0. The summed E-state index contributed by atoms with van der Waals surface area (Å²) in [5.74, 6) is 1.78. The van der Waals surface area contributed by atoms with Gasteiger partial charge in [0.25, 0.3) is 11.8 Å². The lowest BCUT2D eigenvalue weighted by Gasteiger charge is -2.15. The summed E-state index contributed by atoms with van der Waals surface area (Å²) in [6.45, 7) is 1.27. The van der Waals surface area contributed by atoms with Gasteiger partial charge in [0.15, 0.2) is 0 Å². The summed E-state index contributed by atoms with van der Waals surface area (Å²) in [7, 11) is 1.61. The van der Waals surface area contributed by atoms with Crippen molar-refractivity contribution in [3.05, 3.63) is 66.1 Å². The number of ether oxygens (including phenoxy) is 1. The number of carbonyl (C=O) groups is 1. The molecule has 1 fully saturated rings. The van der Waals surface area contributed by atoms with E-state index in [0.29, 0.717) is 36.2 Å². The number of para-hydroxylation sites is 1. The zero-order chi connectivity index (χ0) is 17.9. The van der Waals surface area contributed by atoms with E-state index < -0.39 is 0 Å². The number of hydrogen-bond acceptors (Lipinski definition) is 5. The van der Waals surface area contributed by atoms with E-state index in [0.717, 1.165) is 12.0 Å². The second kappa shape index (κ2) is 7.00. The Morgan fingerprint density at radius 2 is 1.88 bits per heavy atom. The van der Waals surface area contributed by atoms with Crippen LogP contribution >= 0.6 is 0 Å². The Bertz CT molecular complexity index is 907. The molecule has 1 amide bonds. The van der Waals surface area contributed by atoms with Gasteiger partial charge in [-0.3, -0.25) is 4.79 Å². The maximum Gasteiger partial charge on any atom is 0.253 e. The second-order valence-electron chi connectivity index (χ2n) is 6.25. The van der Waals surface area contributed by atoms with Crippen molar-refractivity contribution in [2.75, 3.05) is 20.2 Å². The molecule has 6 heteroatoms. The van der Waals surface area contributed by atoms with Crippen molar-refractivity contribution in [3.8, 4) is 17.2 Å². The van der Waals surface area contributed by atoms with Crippen molar-refractivity contribution in [1.82, 2.24) is 15.1 Å². The zero-order valence-corrected chi connectivity index (χ0v) is 14.5. The number of carbonyl (C=O) groups excluding carboxylic acids is 1. The number of amides is 1. The molecule has 1 aliphatic heterocycles. The van der Waals surface area contributed by atoms with Crippen molar-refractivity contribution >= 4 is 5.91 Å². The number of benzene rings is 2. The van der Waals surface area contributed by atoms with E-state index in [-0.39, 0.29) is 11.8 Å². The second-order valence-corrected chi connectivity index (χ2v) is 6.25. The van der Waals surface area contributed by atoms with Crippen molar-refractivity contribution in [1.29, 1.82) is 0 Å². The summed E-state index contributed by atoms with van der Waals surface area (Å²) in [5, 5.41) is 8.37. The van der Waals surface area contributed by atoms with E-state index >= 15 is 0 Å². The number of hydrogen-bond donors (Lipinski definition) is 0. The Kier molecular flexibility index (Phi) is 4.39. The quantitative estimate of drug-likeness (QED) is 0.722. The molecule has 1 saturated heterocycles. The van der Waals surface area contributed by atoms with Crippen LogP contribution in [-0.4, -0.2) is 41.2 Å². The molecule has 3 aromatic rings. The first kappa shape index (κ1) is 16.3. The van der Waals surface area contributed by atoms with Crippen molar-refractivity contribution in [3.63, 3.8) is 0 Å². The Balaban J connectivity index is 1.50. The van der Waals surface area contributed by atoms with Crippen LogP contribution in [0.4, 0.5) is 0 Å². The number of rotatable bonds is 4. The van der Waals surface area contributed by atoms with Crippen LogP contribution in [-0.2, 0) is 0 Å². The molecule has 6 nitrogen and oxygen atoms in total. The summed E-state index contributed by atoms with van der Waals surface area (Å²) in [6, 6.07) is 16.9. The fourth-order valence-electron chi connectivity index (χ4n) is 3.24. The monoisotopic (exact) mass is 349 g/mol. The van der Waals surface area contributed by atoms with Crippen LogP contribution in [0.1, 0.15) is 28.6 Å². The normalized spacial score (nSPS) is 16.7. The number of likely N-dealkylation sites (tertiary alicyclic amines) is 1. The molecule has 132 valence electrons. The van der Waals surface area contributed by atoms with Gasteiger partial charge in [-0.15, -0.1) is 10.2 Å². The van der Waals surface area contributed by atoms with Gasteiger partial charge in [-0.2, -0.15) is 0 Å². The number of nitrogens with zero attached hydrogens (tertiary/aromatic N) is 3. The molecule has 2 aromatic carbocycles. The van der Waals surface area contributed by atoms with Gasteiger partial charge in [0.2, 0.25) is 5.89 Å². The van der Waals surface area contributed by atoms with Gasteiger partial charge in [0, 0.05) is 18.7 Å². The SMILES string of the molecule is COc1ccccc1-c1nnc([C@H]2CCN(C(=O)c3ccccc3)C2)o1. The van der Waals surface area contributed by atoms with E-state index in [1.54, 1.807) is 7.11 Å². The van der Waals surface area contributed by atoms with Gasteiger partial charge in [-0.05, 0) is 30.7 Å². The first-order valence-corrected chi connectivity index (χ1v) is 8.57. The average Bonchev–Trinajstić information content (AvgIpc) is 3.37. The molecule has 0 unspecified atom stereocenters. The van der Waals surface area contributed by atoms with Gasteiger partial charge in [0.05, 0.1) is 18.6 Å². The predicted molar refractivity (Wildman–Crippen MR) is 96.0 cm³/mol. The van der Waals surface area contributed by atoms with E-state index in [9.17, 15) is 4.79 Å². The van der Waals surface area contributed by atoms with Gasteiger partial charge in [0.1, 0.15) is 5.75 Å². The van der Waals surface area contributed by atoms with Crippen LogP contribution < -0.4 is 4.74 Å². The van der Waals surface area contributed by atoms with Crippen LogP contribution in [0.5, 0.6) is 5.75 Å². The third kappa shape index (κ3) is 3.06. The minimum atomic E-state index is 0.0394. The van der Waals surface area contributed by atoms with Gasteiger partial charge in [-0.1, -0.05) is 30.3 Å². The zero-order valence-electron chi connectivity index (χ0n) is 14.5. The summed E-state index contributed by atoms with van der Waals surface area (Å²) in [4.78, 5) is 14.4. The molecule has 2 heterocycles. The van der Waals surface area contributed by atoms with Gasteiger partial charge < -0.3 is 14.1 Å². The molecule has 1 atom stereocenters. The van der Waals surface area contributed by atoms with Crippen molar-refractivity contribution in [2.45, 2.75) is 12.3 Å². The number of methoxy groups -OCH3 is 1. The summed E-state index contributed by atoms with van der Waals surface area (Å²) in [6.07, 6.45) is 0.812. The Morgan fingerprint density at radius 3 is 2.69 bits per heavy atom. The average molecular weight is 349 g/mol. The van der Waals surface area contributed by atoms with Crippen molar-refractivity contribution in [2.24, 2.45) is 0 Å². The van der Waals surface area contributed by atoms with E-state index in [1.807, 2.05) is 59.5 Å². The molecule has 0 aliphatic carbocycles. The fourth-order valence-corrected chi connectivity index (χ4v) is 3.24. The highest BCUT2D eigenvalue weighted by Gasteiger charge is 2.31. The smallest absolute Gasteiger partial charge is 0.253 e. The first-order valence-electron chi connectivity index (χ1n) is 8.57. The largest absolute Gasteiger partial charge is 0.496 e. The molecule has 1 aromatic heterocycles. The maximum atomic E-state index is 12.6. The van der Waals surface area contributed by atoms with Gasteiger partial charge in [-0.25, -0.2) is 0 Å². The molecule has 0 N–H and O–H groups in total. The molecule has 26 heavy (non-hydrogen) atoms. The standard InChI is InChI=1S/C20H19N3O3/c1-25-17-10-6-5-9-16(17)19-22-21-18(26-19)15-11-12-23(13-15)20(24)14-7-3-2-4-8-14/h2-10,15H,11-13H2,1H3/t15-/m0/s1. The van der Waals surface area contributed by atoms with Crippen LogP contribution in [0.25, 0.3) is 11.5 Å². The van der Waals surface area contributed by atoms with Crippen LogP contribution in [0.3, 0.4) is 0 Å². The maximum absolute atomic E-state index is 12.6. The molecule has 4 rings (SSSR count). The highest BCUT2D eigenvalue weighted by molar-refractivity contribution is 5.94. The number of aromatic nitrogens is 2. The lowest BCUT2D eigenvalue weighted by atomic mass is 10.1. The predicted octanol–water partition coefficient (Wildman–Crippen LogP) is 3.37. The Labute approximate surface area is 151 Å². The highest BCUT2D eigenvalue weighted by atomic mass is 16.5. The third-order valence-corrected chi connectivity index (χ3v) is 4.62. The molecule has 0 spiro atoms. The molecule has 0 bridgehead atoms. The molecule has 0 radical (unpaired) electrons.